The Kier molecular flexibility index (Phi) is 4.46. The predicted octanol–water partition coefficient (Wildman–Crippen LogP) is 3.17. The molecule has 0 bridgehead atoms. The molecule has 27 heavy (non-hydrogen) atoms. The van der Waals surface area contributed by atoms with Crippen molar-refractivity contribution in [2.45, 2.75) is 12.8 Å². The molecule has 6 nitrogen and oxygen atoms in total. The third-order valence-electron chi connectivity index (χ3n) is 4.55. The molecule has 136 valence electrons. The summed E-state index contributed by atoms with van der Waals surface area (Å²) in [6.07, 6.45) is 3.11. The second kappa shape index (κ2) is 7.07. The van der Waals surface area contributed by atoms with Gasteiger partial charge in [0, 0.05) is 29.8 Å². The van der Waals surface area contributed by atoms with Crippen molar-refractivity contribution in [2.24, 2.45) is 4.99 Å². The Hall–Kier alpha value is -3.41. The van der Waals surface area contributed by atoms with Crippen molar-refractivity contribution in [1.29, 1.82) is 0 Å². The van der Waals surface area contributed by atoms with Gasteiger partial charge in [0.2, 0.25) is 11.8 Å². The summed E-state index contributed by atoms with van der Waals surface area (Å²) in [5.41, 5.74) is 2.49. The number of para-hydroxylation sites is 1. The lowest BCUT2D eigenvalue weighted by atomic mass is 10.1. The van der Waals surface area contributed by atoms with Crippen LogP contribution in [0.5, 0.6) is 5.75 Å². The van der Waals surface area contributed by atoms with Gasteiger partial charge in [-0.2, -0.15) is 0 Å². The summed E-state index contributed by atoms with van der Waals surface area (Å²) in [6, 6.07) is 14.7. The predicted molar refractivity (Wildman–Crippen MR) is 102 cm³/mol. The summed E-state index contributed by atoms with van der Waals surface area (Å²) < 4.78 is 10.6. The highest BCUT2D eigenvalue weighted by Crippen LogP contribution is 2.26. The molecular formula is C21H18N2O4. The Bertz CT molecular complexity index is 960. The van der Waals surface area contributed by atoms with E-state index >= 15 is 0 Å². The SMILES string of the molecule is COc1ccccc1/C=C1\N=C(c2ccc(N3CCCC3=O)cc2)OC1=O. The summed E-state index contributed by atoms with van der Waals surface area (Å²) in [5.74, 6) is 0.533. The molecule has 0 radical (unpaired) electrons. The molecule has 2 heterocycles. The van der Waals surface area contributed by atoms with E-state index in [1.807, 2.05) is 36.4 Å². The molecule has 0 aliphatic carbocycles. The zero-order valence-electron chi connectivity index (χ0n) is 14.8. The monoisotopic (exact) mass is 362 g/mol. The van der Waals surface area contributed by atoms with Gasteiger partial charge in [-0.25, -0.2) is 9.79 Å². The smallest absolute Gasteiger partial charge is 0.363 e. The Morgan fingerprint density at radius 2 is 1.89 bits per heavy atom. The highest BCUT2D eigenvalue weighted by atomic mass is 16.6. The lowest BCUT2D eigenvalue weighted by molar-refractivity contribution is -0.130. The molecule has 4 rings (SSSR count). The van der Waals surface area contributed by atoms with E-state index in [1.165, 1.54) is 0 Å². The van der Waals surface area contributed by atoms with Crippen LogP contribution < -0.4 is 9.64 Å². The first-order chi connectivity index (χ1) is 13.2. The zero-order chi connectivity index (χ0) is 18.8. The number of nitrogens with zero attached hydrogens (tertiary/aromatic N) is 2. The Labute approximate surface area is 156 Å². The third-order valence-corrected chi connectivity index (χ3v) is 4.55. The second-order valence-corrected chi connectivity index (χ2v) is 6.27. The molecule has 1 saturated heterocycles. The fourth-order valence-corrected chi connectivity index (χ4v) is 3.17. The topological polar surface area (TPSA) is 68.2 Å². The van der Waals surface area contributed by atoms with Gasteiger partial charge in [-0.05, 0) is 42.8 Å². The molecule has 2 aromatic carbocycles. The number of cyclic esters (lactones) is 1. The standard InChI is InChI=1S/C21H18N2O4/c1-26-18-6-3-2-5-15(18)13-17-21(25)27-20(22-17)14-8-10-16(11-9-14)23-12-4-7-19(23)24/h2-3,5-6,8-11,13H,4,7,12H2,1H3/b17-13-. The lowest BCUT2D eigenvalue weighted by Gasteiger charge is -2.15. The van der Waals surface area contributed by atoms with Crippen molar-refractivity contribution in [1.82, 2.24) is 0 Å². The van der Waals surface area contributed by atoms with Crippen LogP contribution in [0.3, 0.4) is 0 Å². The molecule has 2 aliphatic heterocycles. The van der Waals surface area contributed by atoms with Crippen LogP contribution in [0.4, 0.5) is 5.69 Å². The first-order valence-electron chi connectivity index (χ1n) is 8.72. The molecule has 6 heteroatoms. The number of anilines is 1. The molecule has 0 spiro atoms. The highest BCUT2D eigenvalue weighted by Gasteiger charge is 2.25. The Morgan fingerprint density at radius 3 is 2.59 bits per heavy atom. The number of methoxy groups -OCH3 is 1. The van der Waals surface area contributed by atoms with Crippen molar-refractivity contribution < 1.29 is 19.1 Å². The fourth-order valence-electron chi connectivity index (χ4n) is 3.17. The van der Waals surface area contributed by atoms with Crippen molar-refractivity contribution >= 4 is 29.5 Å². The second-order valence-electron chi connectivity index (χ2n) is 6.27. The highest BCUT2D eigenvalue weighted by molar-refractivity contribution is 6.13. The van der Waals surface area contributed by atoms with Crippen LogP contribution >= 0.6 is 0 Å². The number of hydrogen-bond donors (Lipinski definition) is 0. The van der Waals surface area contributed by atoms with Gasteiger partial charge in [0.15, 0.2) is 5.70 Å². The van der Waals surface area contributed by atoms with E-state index in [1.54, 1.807) is 30.2 Å². The van der Waals surface area contributed by atoms with Crippen LogP contribution in [0.2, 0.25) is 0 Å². The average molecular weight is 362 g/mol. The number of esters is 1. The average Bonchev–Trinajstić information content (AvgIpc) is 3.28. The quantitative estimate of drug-likeness (QED) is 0.619. The van der Waals surface area contributed by atoms with Crippen LogP contribution in [0, 0.1) is 0 Å². The molecule has 2 aliphatic rings. The Morgan fingerprint density at radius 1 is 1.11 bits per heavy atom. The van der Waals surface area contributed by atoms with E-state index in [9.17, 15) is 9.59 Å². The molecule has 1 fully saturated rings. The minimum Gasteiger partial charge on any atom is -0.496 e. The maximum absolute atomic E-state index is 12.2. The van der Waals surface area contributed by atoms with Crippen LogP contribution in [-0.4, -0.2) is 31.4 Å². The van der Waals surface area contributed by atoms with E-state index in [4.69, 9.17) is 9.47 Å². The van der Waals surface area contributed by atoms with Crippen molar-refractivity contribution in [2.75, 3.05) is 18.6 Å². The molecule has 2 aromatic rings. The molecule has 0 N–H and O–H groups in total. The van der Waals surface area contributed by atoms with Crippen LogP contribution in [0.25, 0.3) is 6.08 Å². The van der Waals surface area contributed by atoms with E-state index in [0.717, 1.165) is 24.2 Å². The first-order valence-corrected chi connectivity index (χ1v) is 8.72. The van der Waals surface area contributed by atoms with Crippen LogP contribution in [0.1, 0.15) is 24.0 Å². The number of rotatable bonds is 4. The van der Waals surface area contributed by atoms with Gasteiger partial charge in [-0.15, -0.1) is 0 Å². The molecule has 0 atom stereocenters. The minimum atomic E-state index is -0.505. The van der Waals surface area contributed by atoms with Crippen LogP contribution in [0.15, 0.2) is 59.2 Å². The van der Waals surface area contributed by atoms with E-state index < -0.39 is 5.97 Å². The fraction of sp³-hybridized carbons (Fsp3) is 0.190. The van der Waals surface area contributed by atoms with Crippen molar-refractivity contribution in [3.8, 4) is 5.75 Å². The maximum Gasteiger partial charge on any atom is 0.363 e. The normalized spacial score (nSPS) is 18.0. The van der Waals surface area contributed by atoms with Gasteiger partial charge in [0.25, 0.3) is 0 Å². The van der Waals surface area contributed by atoms with Gasteiger partial charge >= 0.3 is 5.97 Å². The van der Waals surface area contributed by atoms with E-state index in [-0.39, 0.29) is 17.5 Å². The lowest BCUT2D eigenvalue weighted by Crippen LogP contribution is -2.23. The minimum absolute atomic E-state index is 0.134. The third kappa shape index (κ3) is 3.33. The van der Waals surface area contributed by atoms with E-state index in [0.29, 0.717) is 17.7 Å². The number of carbonyl (C=O) groups is 2. The number of carbonyl (C=O) groups excluding carboxylic acids is 2. The summed E-state index contributed by atoms with van der Waals surface area (Å²) in [6.45, 7) is 0.736. The number of amides is 1. The Balaban J connectivity index is 1.59. The van der Waals surface area contributed by atoms with E-state index in [2.05, 4.69) is 4.99 Å². The first kappa shape index (κ1) is 17.0. The van der Waals surface area contributed by atoms with Crippen molar-refractivity contribution in [3.05, 3.63) is 65.4 Å². The van der Waals surface area contributed by atoms with Gasteiger partial charge < -0.3 is 14.4 Å². The number of hydrogen-bond acceptors (Lipinski definition) is 5. The van der Waals surface area contributed by atoms with Gasteiger partial charge in [-0.1, -0.05) is 18.2 Å². The molecule has 1 amide bonds. The van der Waals surface area contributed by atoms with Crippen molar-refractivity contribution in [3.63, 3.8) is 0 Å². The summed E-state index contributed by atoms with van der Waals surface area (Å²) in [5, 5.41) is 0. The maximum atomic E-state index is 12.2. The van der Waals surface area contributed by atoms with Gasteiger partial charge in [0.05, 0.1) is 7.11 Å². The molecule has 0 saturated carbocycles. The van der Waals surface area contributed by atoms with Crippen LogP contribution in [-0.2, 0) is 14.3 Å². The molecule has 0 unspecified atom stereocenters. The summed E-state index contributed by atoms with van der Waals surface area (Å²) in [4.78, 5) is 30.1. The number of ether oxygens (including phenoxy) is 2. The van der Waals surface area contributed by atoms with Gasteiger partial charge in [0.1, 0.15) is 5.75 Å². The largest absolute Gasteiger partial charge is 0.496 e. The summed E-state index contributed by atoms with van der Waals surface area (Å²) >= 11 is 0. The molecule has 0 aromatic heterocycles. The number of aliphatic imine (C=N–C) groups is 1. The number of benzene rings is 2. The summed E-state index contributed by atoms with van der Waals surface area (Å²) in [7, 11) is 1.58. The van der Waals surface area contributed by atoms with Gasteiger partial charge in [-0.3, -0.25) is 4.79 Å². The zero-order valence-corrected chi connectivity index (χ0v) is 14.8. The molecular weight excluding hydrogens is 344 g/mol.